The van der Waals surface area contributed by atoms with Crippen LogP contribution in [0, 0.1) is 28.9 Å². The van der Waals surface area contributed by atoms with Gasteiger partial charge in [-0.05, 0) is 36.8 Å². The van der Waals surface area contributed by atoms with Crippen LogP contribution in [-0.2, 0) is 4.74 Å². The van der Waals surface area contributed by atoms with Crippen molar-refractivity contribution in [3.8, 4) is 0 Å². The number of aliphatic imine (C=N–C) groups is 1. The number of nitro groups is 1. The number of nitrogens with zero attached hydrogens (tertiary/aromatic N) is 3. The minimum Gasteiger partial charge on any atom is -0.463 e. The van der Waals surface area contributed by atoms with Gasteiger partial charge in [-0.15, -0.1) is 0 Å². The van der Waals surface area contributed by atoms with Crippen LogP contribution in [0.25, 0.3) is 0 Å². The van der Waals surface area contributed by atoms with Gasteiger partial charge in [0.25, 0.3) is 11.7 Å². The zero-order valence-electron chi connectivity index (χ0n) is 15.2. The number of ether oxygens (including phenoxy) is 1. The van der Waals surface area contributed by atoms with Gasteiger partial charge in [0.2, 0.25) is 0 Å². The maximum atomic E-state index is 10.9. The summed E-state index contributed by atoms with van der Waals surface area (Å²) in [6.07, 6.45) is 1.06. The Hall–Kier alpha value is -2.11. The number of hydrogen-bond donors (Lipinski definition) is 0. The van der Waals surface area contributed by atoms with E-state index in [1.54, 1.807) is 12.1 Å². The Bertz CT molecular complexity index is 626. The summed E-state index contributed by atoms with van der Waals surface area (Å²) in [6.45, 7) is 12.2. The molecule has 0 radical (unpaired) electrons. The van der Waals surface area contributed by atoms with Crippen LogP contribution >= 0.6 is 0 Å². The normalized spacial score (nSPS) is 19.4. The van der Waals surface area contributed by atoms with Gasteiger partial charge in [-0.2, -0.15) is 4.99 Å². The van der Waals surface area contributed by atoms with Crippen LogP contribution in [0.5, 0.6) is 0 Å². The lowest BCUT2D eigenvalue weighted by molar-refractivity contribution is -0.384. The SMILES string of the molecule is Cc1cc([N+](=O)[O-])ccc1N=C1OCC(CC(C)C)N1CC(C)C. The largest absolute Gasteiger partial charge is 0.463 e. The first-order valence-electron chi connectivity index (χ1n) is 8.51. The molecule has 0 bridgehead atoms. The summed E-state index contributed by atoms with van der Waals surface area (Å²) in [4.78, 5) is 17.4. The molecule has 1 aromatic rings. The van der Waals surface area contributed by atoms with E-state index in [4.69, 9.17) is 4.74 Å². The summed E-state index contributed by atoms with van der Waals surface area (Å²) in [7, 11) is 0. The monoisotopic (exact) mass is 333 g/mol. The molecule has 1 fully saturated rings. The van der Waals surface area contributed by atoms with Crippen LogP contribution in [0.3, 0.4) is 0 Å². The van der Waals surface area contributed by atoms with Crippen molar-refractivity contribution >= 4 is 17.4 Å². The van der Waals surface area contributed by atoms with Gasteiger partial charge in [0.05, 0.1) is 16.7 Å². The molecule has 1 unspecified atom stereocenters. The summed E-state index contributed by atoms with van der Waals surface area (Å²) >= 11 is 0. The molecule has 1 aromatic carbocycles. The zero-order valence-corrected chi connectivity index (χ0v) is 15.2. The zero-order chi connectivity index (χ0) is 17.9. The van der Waals surface area contributed by atoms with Gasteiger partial charge < -0.3 is 9.64 Å². The van der Waals surface area contributed by atoms with Gasteiger partial charge in [0.1, 0.15) is 6.61 Å². The Morgan fingerprint density at radius 3 is 2.58 bits per heavy atom. The molecule has 1 aliphatic heterocycles. The Kier molecular flexibility index (Phi) is 5.80. The smallest absolute Gasteiger partial charge is 0.293 e. The van der Waals surface area contributed by atoms with E-state index in [2.05, 4.69) is 37.6 Å². The summed E-state index contributed by atoms with van der Waals surface area (Å²) in [5.41, 5.74) is 1.58. The Balaban J connectivity index is 2.28. The number of aryl methyl sites for hydroxylation is 1. The van der Waals surface area contributed by atoms with Crippen molar-refractivity contribution in [3.63, 3.8) is 0 Å². The van der Waals surface area contributed by atoms with Crippen molar-refractivity contribution in [1.29, 1.82) is 0 Å². The molecule has 0 aromatic heterocycles. The number of nitro benzene ring substituents is 1. The predicted molar refractivity (Wildman–Crippen MR) is 95.7 cm³/mol. The fraction of sp³-hybridized carbons (Fsp3) is 0.611. The fourth-order valence-corrected chi connectivity index (χ4v) is 2.94. The molecule has 6 nitrogen and oxygen atoms in total. The lowest BCUT2D eigenvalue weighted by atomic mass is 10.0. The molecule has 0 aliphatic carbocycles. The Morgan fingerprint density at radius 2 is 2.04 bits per heavy atom. The first kappa shape index (κ1) is 18.2. The van der Waals surface area contributed by atoms with E-state index in [9.17, 15) is 10.1 Å². The van der Waals surface area contributed by atoms with E-state index in [1.165, 1.54) is 6.07 Å². The molecule has 24 heavy (non-hydrogen) atoms. The Morgan fingerprint density at radius 1 is 1.33 bits per heavy atom. The highest BCUT2D eigenvalue weighted by molar-refractivity contribution is 5.80. The van der Waals surface area contributed by atoms with Crippen molar-refractivity contribution in [2.45, 2.75) is 47.1 Å². The summed E-state index contributed by atoms with van der Waals surface area (Å²) < 4.78 is 5.86. The molecule has 0 spiro atoms. The summed E-state index contributed by atoms with van der Waals surface area (Å²) in [5.74, 6) is 1.10. The van der Waals surface area contributed by atoms with Crippen LogP contribution in [0.15, 0.2) is 23.2 Å². The van der Waals surface area contributed by atoms with Crippen LogP contribution < -0.4 is 0 Å². The molecule has 1 heterocycles. The van der Waals surface area contributed by atoms with Crippen LogP contribution in [-0.4, -0.2) is 35.0 Å². The lowest BCUT2D eigenvalue weighted by Gasteiger charge is -2.26. The van der Waals surface area contributed by atoms with E-state index >= 15 is 0 Å². The van der Waals surface area contributed by atoms with Crippen LogP contribution in [0.1, 0.15) is 39.7 Å². The number of non-ortho nitro benzene ring substituents is 1. The molecule has 1 atom stereocenters. The van der Waals surface area contributed by atoms with Crippen molar-refractivity contribution < 1.29 is 9.66 Å². The van der Waals surface area contributed by atoms with Crippen molar-refractivity contribution in [2.75, 3.05) is 13.2 Å². The van der Waals surface area contributed by atoms with Gasteiger partial charge in [-0.3, -0.25) is 10.1 Å². The minimum atomic E-state index is -0.389. The third-order valence-corrected chi connectivity index (χ3v) is 4.00. The van der Waals surface area contributed by atoms with Gasteiger partial charge in [-0.1, -0.05) is 27.7 Å². The minimum absolute atomic E-state index is 0.0838. The number of amidine groups is 1. The third kappa shape index (κ3) is 4.46. The number of rotatable bonds is 6. The summed E-state index contributed by atoms with van der Waals surface area (Å²) in [5, 5.41) is 10.9. The van der Waals surface area contributed by atoms with Crippen molar-refractivity contribution in [1.82, 2.24) is 4.90 Å². The molecule has 1 aliphatic rings. The second-order valence-corrected chi connectivity index (χ2v) is 7.26. The van der Waals surface area contributed by atoms with E-state index in [0.29, 0.717) is 30.5 Å². The molecule has 0 N–H and O–H groups in total. The van der Waals surface area contributed by atoms with Gasteiger partial charge in [-0.25, -0.2) is 0 Å². The maximum absolute atomic E-state index is 10.9. The average molecular weight is 333 g/mol. The third-order valence-electron chi connectivity index (χ3n) is 4.00. The maximum Gasteiger partial charge on any atom is 0.293 e. The molecule has 0 saturated carbocycles. The molecule has 132 valence electrons. The molecule has 1 saturated heterocycles. The fourth-order valence-electron chi connectivity index (χ4n) is 2.94. The van der Waals surface area contributed by atoms with E-state index in [1.807, 2.05) is 6.92 Å². The van der Waals surface area contributed by atoms with Crippen molar-refractivity contribution in [2.24, 2.45) is 16.8 Å². The average Bonchev–Trinajstić information content (AvgIpc) is 2.82. The van der Waals surface area contributed by atoms with Gasteiger partial charge in [0, 0.05) is 18.7 Å². The first-order valence-corrected chi connectivity index (χ1v) is 8.51. The highest BCUT2D eigenvalue weighted by Gasteiger charge is 2.32. The second-order valence-electron chi connectivity index (χ2n) is 7.26. The van der Waals surface area contributed by atoms with Crippen molar-refractivity contribution in [3.05, 3.63) is 33.9 Å². The molecule has 0 amide bonds. The van der Waals surface area contributed by atoms with Crippen LogP contribution in [0.2, 0.25) is 0 Å². The standard InChI is InChI=1S/C18H27N3O3/c1-12(2)8-16-11-24-18(20(16)10-13(3)4)19-17-7-6-15(21(22)23)9-14(17)5/h6-7,9,12-13,16H,8,10-11H2,1-5H3. The molecule has 2 rings (SSSR count). The Labute approximate surface area is 143 Å². The lowest BCUT2D eigenvalue weighted by Crippen LogP contribution is -2.37. The predicted octanol–water partition coefficient (Wildman–Crippen LogP) is 4.29. The number of hydrogen-bond acceptors (Lipinski definition) is 4. The molecular weight excluding hydrogens is 306 g/mol. The highest BCUT2D eigenvalue weighted by Crippen LogP contribution is 2.27. The van der Waals surface area contributed by atoms with Gasteiger partial charge >= 0.3 is 0 Å². The van der Waals surface area contributed by atoms with Gasteiger partial charge in [0.15, 0.2) is 0 Å². The van der Waals surface area contributed by atoms with Crippen LogP contribution in [0.4, 0.5) is 11.4 Å². The molecule has 6 heteroatoms. The van der Waals surface area contributed by atoms with E-state index < -0.39 is 0 Å². The number of benzene rings is 1. The summed E-state index contributed by atoms with van der Waals surface area (Å²) in [6, 6.07) is 5.69. The molecular formula is C18H27N3O3. The topological polar surface area (TPSA) is 68.0 Å². The van der Waals surface area contributed by atoms with E-state index in [-0.39, 0.29) is 10.6 Å². The first-order chi connectivity index (χ1) is 11.3. The highest BCUT2D eigenvalue weighted by atomic mass is 16.6. The quantitative estimate of drug-likeness (QED) is 0.575. The second kappa shape index (κ2) is 7.64. The van der Waals surface area contributed by atoms with E-state index in [0.717, 1.165) is 24.2 Å².